The van der Waals surface area contributed by atoms with E-state index in [9.17, 15) is 4.79 Å². The molecule has 6 nitrogen and oxygen atoms in total. The molecular formula is C12H16N4O2S. The van der Waals surface area contributed by atoms with Crippen molar-refractivity contribution in [2.45, 2.75) is 33.1 Å². The molecule has 0 aliphatic carbocycles. The smallest absolute Gasteiger partial charge is 0.350 e. The molecule has 1 aromatic heterocycles. The monoisotopic (exact) mass is 280 g/mol. The second-order valence-electron chi connectivity index (χ2n) is 3.64. The van der Waals surface area contributed by atoms with Gasteiger partial charge in [-0.25, -0.2) is 4.79 Å². The van der Waals surface area contributed by atoms with Gasteiger partial charge in [0.2, 0.25) is 5.13 Å². The van der Waals surface area contributed by atoms with Crippen LogP contribution in [-0.4, -0.2) is 22.8 Å². The summed E-state index contributed by atoms with van der Waals surface area (Å²) in [4.78, 5) is 11.4. The molecule has 0 fully saturated rings. The number of carbonyl (C=O) groups excluding carboxylic acids is 1. The summed E-state index contributed by atoms with van der Waals surface area (Å²) in [5.74, 6) is -0.645. The van der Waals surface area contributed by atoms with Gasteiger partial charge >= 0.3 is 5.97 Å². The van der Waals surface area contributed by atoms with E-state index >= 15 is 0 Å². The van der Waals surface area contributed by atoms with E-state index in [0.29, 0.717) is 5.13 Å². The minimum atomic E-state index is -0.645. The third-order valence-corrected chi connectivity index (χ3v) is 3.08. The van der Waals surface area contributed by atoms with Crippen molar-refractivity contribution < 1.29 is 9.53 Å². The molecule has 19 heavy (non-hydrogen) atoms. The number of carbonyl (C=O) groups is 1. The topological polar surface area (TPSA) is 87.9 Å². The molecule has 1 rings (SSSR count). The lowest BCUT2D eigenvalue weighted by Gasteiger charge is -1.99. The van der Waals surface area contributed by atoms with Crippen LogP contribution in [0.15, 0.2) is 11.8 Å². The Morgan fingerprint density at radius 1 is 1.53 bits per heavy atom. The van der Waals surface area contributed by atoms with E-state index < -0.39 is 5.97 Å². The largest absolute Gasteiger partial charge is 0.462 e. The maximum absolute atomic E-state index is 11.4. The number of rotatable bonds is 7. The van der Waals surface area contributed by atoms with Gasteiger partial charge in [-0.15, -0.1) is 10.2 Å². The summed E-state index contributed by atoms with van der Waals surface area (Å²) < 4.78 is 4.74. The highest BCUT2D eigenvalue weighted by atomic mass is 32.1. The molecular weight excluding hydrogens is 264 g/mol. The van der Waals surface area contributed by atoms with Gasteiger partial charge in [0.15, 0.2) is 5.57 Å². The second-order valence-corrected chi connectivity index (χ2v) is 4.70. The molecule has 0 bridgehead atoms. The zero-order chi connectivity index (χ0) is 14.1. The van der Waals surface area contributed by atoms with Crippen LogP contribution in [0.5, 0.6) is 0 Å². The van der Waals surface area contributed by atoms with E-state index in [2.05, 4.69) is 22.4 Å². The first-order chi connectivity index (χ1) is 9.21. The van der Waals surface area contributed by atoms with Crippen molar-refractivity contribution in [2.24, 2.45) is 0 Å². The predicted octanol–water partition coefficient (Wildman–Crippen LogP) is 2.26. The standard InChI is InChI=1S/C12H16N4O2S/c1-3-5-6-10-15-16-12(19-10)14-8-9(7-13)11(17)18-4-2/h8H,3-6H2,1-2H3,(H,14,16)/b9-8+. The molecule has 0 saturated carbocycles. The molecule has 0 aromatic carbocycles. The van der Waals surface area contributed by atoms with Gasteiger partial charge in [-0.05, 0) is 13.3 Å². The molecule has 0 radical (unpaired) electrons. The number of unbranched alkanes of at least 4 members (excludes halogenated alkanes) is 1. The second kappa shape index (κ2) is 8.21. The normalized spacial score (nSPS) is 10.9. The van der Waals surface area contributed by atoms with E-state index in [-0.39, 0.29) is 12.2 Å². The average Bonchev–Trinajstić information content (AvgIpc) is 2.85. The van der Waals surface area contributed by atoms with Crippen LogP contribution in [0, 0.1) is 11.3 Å². The van der Waals surface area contributed by atoms with Crippen molar-refractivity contribution in [1.82, 2.24) is 10.2 Å². The van der Waals surface area contributed by atoms with Crippen molar-refractivity contribution in [3.63, 3.8) is 0 Å². The Morgan fingerprint density at radius 3 is 2.95 bits per heavy atom. The van der Waals surface area contributed by atoms with Crippen molar-refractivity contribution in [2.75, 3.05) is 11.9 Å². The highest BCUT2D eigenvalue weighted by Gasteiger charge is 2.10. The molecule has 7 heteroatoms. The Morgan fingerprint density at radius 2 is 2.32 bits per heavy atom. The van der Waals surface area contributed by atoms with Gasteiger partial charge in [-0.1, -0.05) is 24.7 Å². The quantitative estimate of drug-likeness (QED) is 0.468. The SMILES string of the molecule is CCCCc1nnc(N/C=C(\C#N)C(=O)OCC)s1. The van der Waals surface area contributed by atoms with Crippen LogP contribution >= 0.6 is 11.3 Å². The van der Waals surface area contributed by atoms with E-state index in [1.165, 1.54) is 17.5 Å². The Labute approximate surface area is 116 Å². The summed E-state index contributed by atoms with van der Waals surface area (Å²) in [6, 6.07) is 1.78. The number of hydrogen-bond acceptors (Lipinski definition) is 7. The molecule has 0 unspecified atom stereocenters. The number of nitrogens with zero attached hydrogens (tertiary/aromatic N) is 3. The van der Waals surface area contributed by atoms with Crippen LogP contribution in [0.4, 0.5) is 5.13 Å². The van der Waals surface area contributed by atoms with Gasteiger partial charge in [0.05, 0.1) is 6.61 Å². The minimum Gasteiger partial charge on any atom is -0.462 e. The van der Waals surface area contributed by atoms with E-state index in [0.717, 1.165) is 24.3 Å². The maximum atomic E-state index is 11.4. The number of hydrogen-bond donors (Lipinski definition) is 1. The molecule has 0 spiro atoms. The predicted molar refractivity (Wildman–Crippen MR) is 72.5 cm³/mol. The average molecular weight is 280 g/mol. The Hall–Kier alpha value is -1.94. The summed E-state index contributed by atoms with van der Waals surface area (Å²) in [5, 5.41) is 21.1. The molecule has 1 aromatic rings. The Kier molecular flexibility index (Phi) is 6.53. The van der Waals surface area contributed by atoms with E-state index in [4.69, 9.17) is 10.00 Å². The summed E-state index contributed by atoms with van der Waals surface area (Å²) in [5.41, 5.74) is -0.0906. The lowest BCUT2D eigenvalue weighted by atomic mass is 10.3. The first-order valence-corrected chi connectivity index (χ1v) is 6.89. The van der Waals surface area contributed by atoms with E-state index in [1.807, 2.05) is 0 Å². The fourth-order valence-corrected chi connectivity index (χ4v) is 1.97. The number of aryl methyl sites for hydroxylation is 1. The molecule has 0 amide bonds. The minimum absolute atomic E-state index is 0.0906. The lowest BCUT2D eigenvalue weighted by Crippen LogP contribution is -2.07. The maximum Gasteiger partial charge on any atom is 0.350 e. The summed E-state index contributed by atoms with van der Waals surface area (Å²) in [6.07, 6.45) is 4.35. The number of esters is 1. The fraction of sp³-hybridized carbons (Fsp3) is 0.500. The van der Waals surface area contributed by atoms with E-state index in [1.54, 1.807) is 13.0 Å². The van der Waals surface area contributed by atoms with Crippen molar-refractivity contribution in [3.8, 4) is 6.07 Å². The third kappa shape index (κ3) is 5.06. The molecule has 0 aliphatic rings. The van der Waals surface area contributed by atoms with Crippen LogP contribution in [0.2, 0.25) is 0 Å². The Bertz CT molecular complexity index is 490. The highest BCUT2D eigenvalue weighted by molar-refractivity contribution is 7.15. The van der Waals surface area contributed by atoms with Gasteiger partial charge < -0.3 is 10.1 Å². The van der Waals surface area contributed by atoms with Crippen molar-refractivity contribution in [3.05, 3.63) is 16.8 Å². The van der Waals surface area contributed by atoms with Gasteiger partial charge in [-0.2, -0.15) is 5.26 Å². The summed E-state index contributed by atoms with van der Waals surface area (Å²) in [7, 11) is 0. The number of nitriles is 1. The fourth-order valence-electron chi connectivity index (χ4n) is 1.22. The third-order valence-electron chi connectivity index (χ3n) is 2.17. The molecule has 1 N–H and O–H groups in total. The van der Waals surface area contributed by atoms with Crippen LogP contribution in [-0.2, 0) is 16.0 Å². The number of anilines is 1. The molecule has 0 aliphatic heterocycles. The van der Waals surface area contributed by atoms with Gasteiger partial charge in [-0.3, -0.25) is 0 Å². The number of nitrogens with one attached hydrogen (secondary N) is 1. The first-order valence-electron chi connectivity index (χ1n) is 6.07. The first kappa shape index (κ1) is 15.1. The zero-order valence-electron chi connectivity index (χ0n) is 11.0. The van der Waals surface area contributed by atoms with Crippen LogP contribution in [0.1, 0.15) is 31.7 Å². The molecule has 1 heterocycles. The van der Waals surface area contributed by atoms with Crippen molar-refractivity contribution in [1.29, 1.82) is 5.26 Å². The summed E-state index contributed by atoms with van der Waals surface area (Å²) in [6.45, 7) is 4.03. The highest BCUT2D eigenvalue weighted by Crippen LogP contribution is 2.17. The van der Waals surface area contributed by atoms with Gasteiger partial charge in [0, 0.05) is 12.6 Å². The van der Waals surface area contributed by atoms with Crippen LogP contribution < -0.4 is 5.32 Å². The lowest BCUT2D eigenvalue weighted by molar-refractivity contribution is -0.138. The van der Waals surface area contributed by atoms with Crippen molar-refractivity contribution >= 4 is 22.4 Å². The van der Waals surface area contributed by atoms with Crippen LogP contribution in [0.25, 0.3) is 0 Å². The molecule has 102 valence electrons. The zero-order valence-corrected chi connectivity index (χ0v) is 11.8. The van der Waals surface area contributed by atoms with Gasteiger partial charge in [0.25, 0.3) is 0 Å². The molecule has 0 saturated heterocycles. The molecule has 0 atom stereocenters. The number of aromatic nitrogens is 2. The number of ether oxygens (including phenoxy) is 1. The van der Waals surface area contributed by atoms with Crippen LogP contribution in [0.3, 0.4) is 0 Å². The summed E-state index contributed by atoms with van der Waals surface area (Å²) >= 11 is 1.41. The Balaban J connectivity index is 2.61. The van der Waals surface area contributed by atoms with Gasteiger partial charge in [0.1, 0.15) is 11.1 Å².